The first-order chi connectivity index (χ1) is 15.1. The van der Waals surface area contributed by atoms with Crippen molar-refractivity contribution in [3.05, 3.63) is 64.3 Å². The summed E-state index contributed by atoms with van der Waals surface area (Å²) in [5, 5.41) is 2.38. The van der Waals surface area contributed by atoms with E-state index in [9.17, 15) is 9.59 Å². The maximum Gasteiger partial charge on any atom is 0.282 e. The average molecular weight is 437 g/mol. The number of carbonyl (C=O) groups excluding carboxylic acids is 2. The van der Waals surface area contributed by atoms with E-state index in [1.807, 2.05) is 58.5 Å². The lowest BCUT2D eigenvalue weighted by Gasteiger charge is -2.48. The van der Waals surface area contributed by atoms with Crippen molar-refractivity contribution in [2.24, 2.45) is 0 Å². The molecule has 0 saturated carbocycles. The quantitative estimate of drug-likeness (QED) is 0.629. The minimum absolute atomic E-state index is 0.0183. The van der Waals surface area contributed by atoms with Crippen LogP contribution in [0.4, 0.5) is 0 Å². The van der Waals surface area contributed by atoms with Gasteiger partial charge in [0.15, 0.2) is 5.01 Å². The highest BCUT2D eigenvalue weighted by Gasteiger charge is 2.38. The van der Waals surface area contributed by atoms with Gasteiger partial charge in [-0.05, 0) is 13.0 Å². The molecular formula is C23H24N4O3S. The molecule has 2 amide bonds. The zero-order valence-corrected chi connectivity index (χ0v) is 18.2. The molecule has 3 aromatic rings. The molecule has 4 heterocycles. The van der Waals surface area contributed by atoms with Crippen LogP contribution in [-0.2, 0) is 0 Å². The van der Waals surface area contributed by atoms with Gasteiger partial charge in [-0.2, -0.15) is 0 Å². The first-order valence-electron chi connectivity index (χ1n) is 10.5. The summed E-state index contributed by atoms with van der Waals surface area (Å²) in [6.07, 6.45) is 1.67. The Morgan fingerprint density at radius 3 is 2.45 bits per heavy atom. The summed E-state index contributed by atoms with van der Waals surface area (Å²) >= 11 is 1.38. The van der Waals surface area contributed by atoms with Crippen molar-refractivity contribution in [2.45, 2.75) is 13.0 Å². The Kier molecular flexibility index (Phi) is 5.33. The van der Waals surface area contributed by atoms with Crippen molar-refractivity contribution in [1.82, 2.24) is 19.7 Å². The number of rotatable bonds is 4. The summed E-state index contributed by atoms with van der Waals surface area (Å²) in [5.74, 6) is 1.42. The predicted molar refractivity (Wildman–Crippen MR) is 118 cm³/mol. The van der Waals surface area contributed by atoms with E-state index >= 15 is 0 Å². The SMILES string of the molecule is Cc1oc(-c2ccccc2)cc1C(=O)N1CC(N2CCN(C(=O)c3nccs3)CC2)C1. The first-order valence-corrected chi connectivity index (χ1v) is 11.4. The number of amides is 2. The second kappa shape index (κ2) is 8.28. The van der Waals surface area contributed by atoms with Gasteiger partial charge in [0.2, 0.25) is 0 Å². The van der Waals surface area contributed by atoms with E-state index in [-0.39, 0.29) is 11.8 Å². The maximum atomic E-state index is 13.0. The van der Waals surface area contributed by atoms with Gasteiger partial charge < -0.3 is 14.2 Å². The Labute approximate surface area is 184 Å². The van der Waals surface area contributed by atoms with Crippen molar-refractivity contribution in [3.63, 3.8) is 0 Å². The maximum absolute atomic E-state index is 13.0. The molecule has 160 valence electrons. The second-order valence-corrected chi connectivity index (χ2v) is 8.87. The Bertz CT molecular complexity index is 1070. The molecule has 0 unspecified atom stereocenters. The van der Waals surface area contributed by atoms with Crippen molar-refractivity contribution >= 4 is 23.2 Å². The van der Waals surface area contributed by atoms with Crippen LogP contribution in [0.2, 0.25) is 0 Å². The molecule has 2 fully saturated rings. The fourth-order valence-electron chi connectivity index (χ4n) is 4.22. The summed E-state index contributed by atoms with van der Waals surface area (Å²) in [6.45, 7) is 6.32. The molecule has 2 aromatic heterocycles. The van der Waals surface area contributed by atoms with Crippen LogP contribution in [0, 0.1) is 6.92 Å². The van der Waals surface area contributed by atoms with Gasteiger partial charge in [-0.1, -0.05) is 30.3 Å². The fourth-order valence-corrected chi connectivity index (χ4v) is 4.82. The zero-order chi connectivity index (χ0) is 21.4. The molecular weight excluding hydrogens is 412 g/mol. The van der Waals surface area contributed by atoms with Crippen molar-refractivity contribution < 1.29 is 14.0 Å². The number of hydrogen-bond donors (Lipinski definition) is 0. The number of thiazole rings is 1. The van der Waals surface area contributed by atoms with E-state index in [0.29, 0.717) is 48.6 Å². The van der Waals surface area contributed by atoms with Gasteiger partial charge in [-0.25, -0.2) is 4.98 Å². The van der Waals surface area contributed by atoms with Crippen molar-refractivity contribution in [3.8, 4) is 11.3 Å². The van der Waals surface area contributed by atoms with Crippen LogP contribution in [-0.4, -0.2) is 76.8 Å². The van der Waals surface area contributed by atoms with E-state index in [0.717, 1.165) is 24.4 Å². The number of piperazine rings is 1. The first kappa shape index (κ1) is 20.0. The molecule has 0 N–H and O–H groups in total. The molecule has 7 nitrogen and oxygen atoms in total. The van der Waals surface area contributed by atoms with E-state index in [4.69, 9.17) is 4.42 Å². The lowest BCUT2D eigenvalue weighted by molar-refractivity contribution is 0.00845. The largest absolute Gasteiger partial charge is 0.461 e. The molecule has 0 radical (unpaired) electrons. The van der Waals surface area contributed by atoms with Crippen LogP contribution in [0.25, 0.3) is 11.3 Å². The molecule has 2 aliphatic heterocycles. The van der Waals surface area contributed by atoms with Gasteiger partial charge in [0.05, 0.1) is 5.56 Å². The third kappa shape index (κ3) is 3.88. The molecule has 2 aliphatic rings. The van der Waals surface area contributed by atoms with Crippen molar-refractivity contribution in [1.29, 1.82) is 0 Å². The molecule has 1 aromatic carbocycles. The minimum atomic E-state index is 0.0183. The summed E-state index contributed by atoms with van der Waals surface area (Å²) in [5.41, 5.74) is 1.60. The number of furan rings is 1. The smallest absolute Gasteiger partial charge is 0.282 e. The molecule has 2 saturated heterocycles. The number of likely N-dealkylation sites (tertiary alicyclic amines) is 1. The monoisotopic (exact) mass is 436 g/mol. The number of aryl methyl sites for hydroxylation is 1. The molecule has 0 spiro atoms. The van der Waals surface area contributed by atoms with Crippen LogP contribution in [0.5, 0.6) is 0 Å². The lowest BCUT2D eigenvalue weighted by Crippen LogP contribution is -2.64. The van der Waals surface area contributed by atoms with Gasteiger partial charge >= 0.3 is 0 Å². The molecule has 0 bridgehead atoms. The third-order valence-electron chi connectivity index (χ3n) is 6.09. The van der Waals surface area contributed by atoms with Crippen LogP contribution < -0.4 is 0 Å². The molecule has 31 heavy (non-hydrogen) atoms. The molecule has 0 aliphatic carbocycles. The summed E-state index contributed by atoms with van der Waals surface area (Å²) in [6, 6.07) is 12.0. The van der Waals surface area contributed by atoms with E-state index in [1.165, 1.54) is 11.3 Å². The predicted octanol–water partition coefficient (Wildman–Crippen LogP) is 2.99. The van der Waals surface area contributed by atoms with Gasteiger partial charge in [-0.3, -0.25) is 14.5 Å². The molecule has 0 atom stereocenters. The third-order valence-corrected chi connectivity index (χ3v) is 6.85. The van der Waals surface area contributed by atoms with Crippen LogP contribution in [0.15, 0.2) is 52.4 Å². The summed E-state index contributed by atoms with van der Waals surface area (Å²) in [4.78, 5) is 35.7. The molecule has 5 rings (SSSR count). The summed E-state index contributed by atoms with van der Waals surface area (Å²) < 4.78 is 5.85. The normalized spacial score (nSPS) is 17.6. The second-order valence-electron chi connectivity index (χ2n) is 7.98. The Morgan fingerprint density at radius 2 is 1.77 bits per heavy atom. The van der Waals surface area contributed by atoms with Crippen LogP contribution >= 0.6 is 11.3 Å². The number of hydrogen-bond acceptors (Lipinski definition) is 6. The lowest BCUT2D eigenvalue weighted by atomic mass is 10.0. The fraction of sp³-hybridized carbons (Fsp3) is 0.348. The number of carbonyl (C=O) groups is 2. The van der Waals surface area contributed by atoms with Crippen LogP contribution in [0.3, 0.4) is 0 Å². The van der Waals surface area contributed by atoms with E-state index in [1.54, 1.807) is 6.20 Å². The van der Waals surface area contributed by atoms with Crippen LogP contribution in [0.1, 0.15) is 25.9 Å². The Morgan fingerprint density at radius 1 is 1.03 bits per heavy atom. The highest BCUT2D eigenvalue weighted by molar-refractivity contribution is 7.11. The topological polar surface area (TPSA) is 69.9 Å². The van der Waals surface area contributed by atoms with Gasteiger partial charge in [0.25, 0.3) is 11.8 Å². The van der Waals surface area contributed by atoms with Gasteiger partial charge in [-0.15, -0.1) is 11.3 Å². The highest BCUT2D eigenvalue weighted by Crippen LogP contribution is 2.28. The van der Waals surface area contributed by atoms with Gasteiger partial charge in [0, 0.05) is 62.5 Å². The van der Waals surface area contributed by atoms with E-state index in [2.05, 4.69) is 9.88 Å². The highest BCUT2D eigenvalue weighted by atomic mass is 32.1. The average Bonchev–Trinajstić information content (AvgIpc) is 3.43. The standard InChI is InChI=1S/C23H24N4O3S/c1-16-19(13-20(30-16)17-5-3-2-4-6-17)22(28)27-14-18(15-27)25-8-10-26(11-9-25)23(29)21-24-7-12-31-21/h2-7,12-13,18H,8-11,14-15H2,1H3. The zero-order valence-electron chi connectivity index (χ0n) is 17.4. The van der Waals surface area contributed by atoms with Crippen molar-refractivity contribution in [2.75, 3.05) is 39.3 Å². The van der Waals surface area contributed by atoms with Gasteiger partial charge in [0.1, 0.15) is 11.5 Å². The number of nitrogens with zero attached hydrogens (tertiary/aromatic N) is 4. The number of benzene rings is 1. The summed E-state index contributed by atoms with van der Waals surface area (Å²) in [7, 11) is 0. The Hall–Kier alpha value is -2.97. The number of aromatic nitrogens is 1. The minimum Gasteiger partial charge on any atom is -0.461 e. The Balaban J connectivity index is 1.15. The van der Waals surface area contributed by atoms with E-state index < -0.39 is 0 Å². The molecule has 8 heteroatoms.